The largest absolute Gasteiger partial charge is 0.474 e. The predicted molar refractivity (Wildman–Crippen MR) is 98.8 cm³/mol. The summed E-state index contributed by atoms with van der Waals surface area (Å²) in [5.41, 5.74) is 7.34. The Kier molecular flexibility index (Phi) is 8.10. The van der Waals surface area contributed by atoms with E-state index in [1.54, 1.807) is 12.4 Å². The van der Waals surface area contributed by atoms with Gasteiger partial charge in [-0.05, 0) is 10.6 Å². The summed E-state index contributed by atoms with van der Waals surface area (Å²) in [6, 6.07) is 9.93. The lowest BCUT2D eigenvalue weighted by atomic mass is 9.85. The summed E-state index contributed by atoms with van der Waals surface area (Å²) in [6.07, 6.45) is 3.17. The first kappa shape index (κ1) is 20.7. The molecule has 3 rings (SSSR count). The van der Waals surface area contributed by atoms with Crippen molar-refractivity contribution in [2.24, 2.45) is 5.73 Å². The van der Waals surface area contributed by atoms with Crippen LogP contribution in [0.15, 0.2) is 47.2 Å². The van der Waals surface area contributed by atoms with Crippen LogP contribution < -0.4 is 10.5 Å². The van der Waals surface area contributed by atoms with Gasteiger partial charge in [0.1, 0.15) is 6.61 Å². The smallest absolute Gasteiger partial charge is 0.258 e. The van der Waals surface area contributed by atoms with Gasteiger partial charge in [-0.3, -0.25) is 0 Å². The molecule has 0 unspecified atom stereocenters. The maximum atomic E-state index is 5.59. The Morgan fingerprint density at radius 3 is 2.24 bits per heavy atom. The number of nitrogens with one attached hydrogen (secondary N) is 1. The number of nitrogens with two attached hydrogens (primary N) is 1. The standard InChI is InChI=1S/C15H20N2O2.C2H3N3.ClH/c1-15(2,3)12-13(11-7-5-4-6-8-11)19-17-14(12)18-10-9-16;1-2-4-5-3-1;/h4-8H,9-10,16H2,1-3H3;1-2H,(H,3,4,5);1H. The monoisotopic (exact) mass is 365 g/mol. The van der Waals surface area contributed by atoms with Crippen molar-refractivity contribution < 1.29 is 9.26 Å². The van der Waals surface area contributed by atoms with Crippen LogP contribution in [0.3, 0.4) is 0 Å². The third kappa shape index (κ3) is 5.88. The van der Waals surface area contributed by atoms with Crippen LogP contribution in [-0.4, -0.2) is 33.7 Å². The number of hydrogen-bond acceptors (Lipinski definition) is 6. The zero-order valence-electron chi connectivity index (χ0n) is 14.6. The molecule has 1 aromatic carbocycles. The van der Waals surface area contributed by atoms with Gasteiger partial charge in [0.2, 0.25) is 0 Å². The van der Waals surface area contributed by atoms with E-state index in [2.05, 4.69) is 41.3 Å². The first-order valence-electron chi connectivity index (χ1n) is 7.72. The van der Waals surface area contributed by atoms with Crippen LogP contribution >= 0.6 is 12.4 Å². The van der Waals surface area contributed by atoms with Gasteiger partial charge in [0.25, 0.3) is 5.88 Å². The molecule has 0 saturated carbocycles. The van der Waals surface area contributed by atoms with E-state index in [1.807, 2.05) is 30.3 Å². The van der Waals surface area contributed by atoms with Gasteiger partial charge in [-0.15, -0.1) is 12.4 Å². The Balaban J connectivity index is 0.000000448. The molecule has 8 heteroatoms. The van der Waals surface area contributed by atoms with Gasteiger partial charge in [-0.1, -0.05) is 51.1 Å². The van der Waals surface area contributed by atoms with Gasteiger partial charge in [0, 0.05) is 12.1 Å². The highest BCUT2D eigenvalue weighted by atomic mass is 35.5. The van der Waals surface area contributed by atoms with Crippen molar-refractivity contribution in [3.63, 3.8) is 0 Å². The number of benzene rings is 1. The van der Waals surface area contributed by atoms with E-state index >= 15 is 0 Å². The van der Waals surface area contributed by atoms with Crippen molar-refractivity contribution in [3.05, 3.63) is 48.3 Å². The summed E-state index contributed by atoms with van der Waals surface area (Å²) in [4.78, 5) is 0. The predicted octanol–water partition coefficient (Wildman–Crippen LogP) is 3.20. The molecule has 0 aliphatic heterocycles. The van der Waals surface area contributed by atoms with Crippen LogP contribution in [0, 0.1) is 0 Å². The van der Waals surface area contributed by atoms with Crippen LogP contribution in [0.5, 0.6) is 5.88 Å². The average Bonchev–Trinajstić information content (AvgIpc) is 3.26. The molecule has 0 spiro atoms. The Morgan fingerprint density at radius 1 is 1.12 bits per heavy atom. The Hall–Kier alpha value is -2.38. The molecular weight excluding hydrogens is 342 g/mol. The summed E-state index contributed by atoms with van der Waals surface area (Å²) >= 11 is 0. The van der Waals surface area contributed by atoms with Crippen LogP contribution in [0.2, 0.25) is 0 Å². The molecule has 0 radical (unpaired) electrons. The number of aromatic nitrogens is 4. The highest BCUT2D eigenvalue weighted by Gasteiger charge is 2.29. The van der Waals surface area contributed by atoms with Gasteiger partial charge in [-0.25, -0.2) is 0 Å². The molecule has 3 N–H and O–H groups in total. The molecule has 25 heavy (non-hydrogen) atoms. The lowest BCUT2D eigenvalue weighted by Crippen LogP contribution is -2.16. The van der Waals surface area contributed by atoms with Crippen molar-refractivity contribution in [1.29, 1.82) is 0 Å². The number of rotatable bonds is 4. The molecule has 3 aromatic rings. The van der Waals surface area contributed by atoms with Crippen LogP contribution in [0.4, 0.5) is 0 Å². The summed E-state index contributed by atoms with van der Waals surface area (Å²) < 4.78 is 11.1. The second-order valence-corrected chi connectivity index (χ2v) is 6.10. The van der Waals surface area contributed by atoms with Gasteiger partial charge in [0.15, 0.2) is 5.76 Å². The maximum Gasteiger partial charge on any atom is 0.258 e. The molecule has 0 fully saturated rings. The minimum atomic E-state index is -0.116. The van der Waals surface area contributed by atoms with Crippen LogP contribution in [0.25, 0.3) is 11.3 Å². The lowest BCUT2D eigenvalue weighted by Gasteiger charge is -2.19. The summed E-state index contributed by atoms with van der Waals surface area (Å²) in [6.45, 7) is 7.23. The molecule has 2 heterocycles. The second kappa shape index (κ2) is 9.80. The molecular formula is C17H24ClN5O2. The third-order valence-corrected chi connectivity index (χ3v) is 3.13. The van der Waals surface area contributed by atoms with E-state index < -0.39 is 0 Å². The summed E-state index contributed by atoms with van der Waals surface area (Å²) in [7, 11) is 0. The van der Waals surface area contributed by atoms with E-state index in [0.717, 1.165) is 16.9 Å². The van der Waals surface area contributed by atoms with E-state index in [-0.39, 0.29) is 17.8 Å². The molecule has 0 bridgehead atoms. The van der Waals surface area contributed by atoms with Crippen molar-refractivity contribution >= 4 is 12.4 Å². The van der Waals surface area contributed by atoms with Crippen molar-refractivity contribution in [2.45, 2.75) is 26.2 Å². The number of aromatic amines is 1. The van der Waals surface area contributed by atoms with Crippen molar-refractivity contribution in [3.8, 4) is 17.2 Å². The van der Waals surface area contributed by atoms with Gasteiger partial charge >= 0.3 is 0 Å². The molecule has 0 aliphatic rings. The Morgan fingerprint density at radius 2 is 1.76 bits per heavy atom. The second-order valence-electron chi connectivity index (χ2n) is 6.10. The molecule has 0 saturated heterocycles. The molecule has 2 aromatic heterocycles. The van der Waals surface area contributed by atoms with Gasteiger partial charge in [0.05, 0.1) is 18.0 Å². The van der Waals surface area contributed by atoms with Crippen LogP contribution in [-0.2, 0) is 5.41 Å². The molecule has 136 valence electrons. The maximum absolute atomic E-state index is 5.59. The van der Waals surface area contributed by atoms with E-state index in [1.165, 1.54) is 0 Å². The number of halogens is 1. The highest BCUT2D eigenvalue weighted by molar-refractivity contribution is 5.85. The van der Waals surface area contributed by atoms with Crippen molar-refractivity contribution in [1.82, 2.24) is 20.6 Å². The fourth-order valence-corrected chi connectivity index (χ4v) is 2.14. The third-order valence-electron chi connectivity index (χ3n) is 3.13. The zero-order valence-corrected chi connectivity index (χ0v) is 15.4. The first-order valence-corrected chi connectivity index (χ1v) is 7.72. The number of nitrogens with zero attached hydrogens (tertiary/aromatic N) is 3. The number of H-pyrrole nitrogens is 1. The SMILES string of the molecule is CC(C)(C)c1c(OCCN)noc1-c1ccccc1.Cl.c1cn[nH]n1. The zero-order chi connectivity index (χ0) is 17.4. The molecule has 0 amide bonds. The topological polar surface area (TPSA) is 103 Å². The Labute approximate surface area is 153 Å². The van der Waals surface area contributed by atoms with Gasteiger partial charge in [-0.2, -0.15) is 15.4 Å². The Bertz CT molecular complexity index is 691. The fraction of sp³-hybridized carbons (Fsp3) is 0.353. The van der Waals surface area contributed by atoms with Gasteiger partial charge < -0.3 is 15.0 Å². The van der Waals surface area contributed by atoms with Crippen molar-refractivity contribution in [2.75, 3.05) is 13.2 Å². The first-order chi connectivity index (χ1) is 11.5. The van der Waals surface area contributed by atoms with E-state index in [9.17, 15) is 0 Å². The fourth-order valence-electron chi connectivity index (χ4n) is 2.14. The van der Waals surface area contributed by atoms with E-state index in [4.69, 9.17) is 15.0 Å². The number of hydrogen-bond donors (Lipinski definition) is 2. The quantitative estimate of drug-likeness (QED) is 0.735. The van der Waals surface area contributed by atoms with Crippen LogP contribution in [0.1, 0.15) is 26.3 Å². The minimum absolute atomic E-state index is 0. The summed E-state index contributed by atoms with van der Waals surface area (Å²) in [5.74, 6) is 1.30. The normalized spacial score (nSPS) is 10.4. The van der Waals surface area contributed by atoms with E-state index in [0.29, 0.717) is 19.0 Å². The highest BCUT2D eigenvalue weighted by Crippen LogP contribution is 2.39. The molecule has 7 nitrogen and oxygen atoms in total. The summed E-state index contributed by atoms with van der Waals surface area (Å²) in [5, 5.41) is 13.4. The molecule has 0 aliphatic carbocycles. The number of ether oxygens (including phenoxy) is 1. The minimum Gasteiger partial charge on any atom is -0.474 e. The average molecular weight is 366 g/mol. The lowest BCUT2D eigenvalue weighted by molar-refractivity contribution is 0.284. The molecule has 0 atom stereocenters.